The Labute approximate surface area is 95.8 Å². The van der Waals surface area contributed by atoms with Gasteiger partial charge < -0.3 is 11.5 Å². The molecule has 0 saturated heterocycles. The van der Waals surface area contributed by atoms with E-state index in [9.17, 15) is 0 Å². The molecule has 78 valence electrons. The number of rotatable bonds is 2. The second-order valence-corrected chi connectivity index (χ2v) is 4.06. The van der Waals surface area contributed by atoms with E-state index in [0.717, 1.165) is 21.1 Å². The Morgan fingerprint density at radius 3 is 2.80 bits per heavy atom. The molecule has 4 nitrogen and oxygen atoms in total. The van der Waals surface area contributed by atoms with E-state index in [1.807, 2.05) is 18.2 Å². The third kappa shape index (κ3) is 1.93. The number of aromatic nitrogens is 2. The number of hydrogen-bond acceptors (Lipinski definition) is 4. The van der Waals surface area contributed by atoms with E-state index in [1.165, 1.54) is 0 Å². The molecule has 15 heavy (non-hydrogen) atoms. The number of anilines is 1. The predicted octanol–water partition coefficient (Wildman–Crippen LogP) is 1.48. The molecule has 2 rings (SSSR count). The number of halogens is 1. The van der Waals surface area contributed by atoms with E-state index in [0.29, 0.717) is 13.0 Å². The molecule has 0 unspecified atom stereocenters. The van der Waals surface area contributed by atoms with Crippen LogP contribution in [0.2, 0.25) is 0 Å². The van der Waals surface area contributed by atoms with Crippen molar-refractivity contribution in [3.8, 4) is 0 Å². The van der Waals surface area contributed by atoms with Crippen molar-refractivity contribution in [2.75, 3.05) is 12.3 Å². The van der Waals surface area contributed by atoms with Gasteiger partial charge in [-0.25, -0.2) is 9.97 Å². The van der Waals surface area contributed by atoms with Crippen molar-refractivity contribution in [2.45, 2.75) is 6.42 Å². The lowest BCUT2D eigenvalue weighted by molar-refractivity contribution is 0.930. The highest BCUT2D eigenvalue weighted by Gasteiger charge is 2.07. The predicted molar refractivity (Wildman–Crippen MR) is 64.4 cm³/mol. The first-order chi connectivity index (χ1) is 7.22. The van der Waals surface area contributed by atoms with Gasteiger partial charge in [0.15, 0.2) is 0 Å². The molecule has 5 heteroatoms. The first-order valence-electron chi connectivity index (χ1n) is 4.63. The lowest BCUT2D eigenvalue weighted by Crippen LogP contribution is -2.07. The van der Waals surface area contributed by atoms with Crippen molar-refractivity contribution < 1.29 is 0 Å². The van der Waals surface area contributed by atoms with Crippen LogP contribution in [0.25, 0.3) is 10.9 Å². The zero-order chi connectivity index (χ0) is 10.8. The zero-order valence-electron chi connectivity index (χ0n) is 8.07. The second kappa shape index (κ2) is 4.12. The number of nitrogen functional groups attached to an aromatic ring is 1. The molecule has 0 fully saturated rings. The molecular formula is C10H11BrN4. The maximum Gasteiger partial charge on any atom is 0.220 e. The molecule has 0 saturated carbocycles. The summed E-state index contributed by atoms with van der Waals surface area (Å²) in [4.78, 5) is 8.40. The van der Waals surface area contributed by atoms with Gasteiger partial charge in [0.2, 0.25) is 5.95 Å². The van der Waals surface area contributed by atoms with E-state index < -0.39 is 0 Å². The van der Waals surface area contributed by atoms with Gasteiger partial charge in [-0.15, -0.1) is 0 Å². The first kappa shape index (κ1) is 10.3. The van der Waals surface area contributed by atoms with Crippen LogP contribution in [0, 0.1) is 0 Å². The monoisotopic (exact) mass is 266 g/mol. The highest BCUT2D eigenvalue weighted by molar-refractivity contribution is 9.10. The van der Waals surface area contributed by atoms with Gasteiger partial charge in [0.1, 0.15) is 0 Å². The van der Waals surface area contributed by atoms with Gasteiger partial charge in [0.25, 0.3) is 0 Å². The topological polar surface area (TPSA) is 77.8 Å². The summed E-state index contributed by atoms with van der Waals surface area (Å²) < 4.78 is 0.923. The van der Waals surface area contributed by atoms with Crippen LogP contribution in [0.4, 0.5) is 5.95 Å². The van der Waals surface area contributed by atoms with Crippen molar-refractivity contribution in [3.63, 3.8) is 0 Å². The van der Waals surface area contributed by atoms with Crippen LogP contribution in [-0.2, 0) is 6.42 Å². The van der Waals surface area contributed by atoms with Gasteiger partial charge in [0.05, 0.1) is 11.2 Å². The zero-order valence-corrected chi connectivity index (χ0v) is 9.66. The van der Waals surface area contributed by atoms with Crippen LogP contribution in [-0.4, -0.2) is 16.5 Å². The number of nitrogens with two attached hydrogens (primary N) is 2. The molecule has 0 aliphatic rings. The van der Waals surface area contributed by atoms with E-state index in [1.54, 1.807) is 0 Å². The van der Waals surface area contributed by atoms with Crippen LogP contribution in [0.5, 0.6) is 0 Å². The molecule has 0 radical (unpaired) electrons. The first-order valence-corrected chi connectivity index (χ1v) is 5.42. The average Bonchev–Trinajstić information content (AvgIpc) is 2.20. The lowest BCUT2D eigenvalue weighted by atomic mass is 10.1. The largest absolute Gasteiger partial charge is 0.368 e. The number of hydrogen-bond donors (Lipinski definition) is 2. The van der Waals surface area contributed by atoms with Gasteiger partial charge in [-0.05, 0) is 28.5 Å². The number of fused-ring (bicyclic) bond motifs is 1. The van der Waals surface area contributed by atoms with Crippen molar-refractivity contribution in [1.29, 1.82) is 0 Å². The number of nitrogens with zero attached hydrogens (tertiary/aromatic N) is 2. The fourth-order valence-electron chi connectivity index (χ4n) is 1.53. The van der Waals surface area contributed by atoms with Gasteiger partial charge in [0, 0.05) is 16.3 Å². The van der Waals surface area contributed by atoms with Crippen LogP contribution < -0.4 is 11.5 Å². The molecule has 1 aromatic carbocycles. The summed E-state index contributed by atoms with van der Waals surface area (Å²) in [5, 5.41) is 1.00. The molecule has 1 aromatic heterocycles. The molecular weight excluding hydrogens is 256 g/mol. The van der Waals surface area contributed by atoms with Gasteiger partial charge in [-0.1, -0.05) is 12.1 Å². The normalized spacial score (nSPS) is 10.8. The molecule has 0 bridgehead atoms. The lowest BCUT2D eigenvalue weighted by Gasteiger charge is -2.06. The Balaban J connectivity index is 2.74. The minimum Gasteiger partial charge on any atom is -0.368 e. The van der Waals surface area contributed by atoms with E-state index in [4.69, 9.17) is 11.5 Å². The smallest absolute Gasteiger partial charge is 0.220 e. The Morgan fingerprint density at radius 1 is 1.27 bits per heavy atom. The summed E-state index contributed by atoms with van der Waals surface area (Å²) in [6, 6.07) is 5.86. The second-order valence-electron chi connectivity index (χ2n) is 3.20. The SMILES string of the molecule is NCCc1nc(N)nc2c(Br)cccc12. The third-order valence-corrected chi connectivity index (χ3v) is 2.79. The fraction of sp³-hybridized carbons (Fsp3) is 0.200. The molecule has 4 N–H and O–H groups in total. The quantitative estimate of drug-likeness (QED) is 0.863. The van der Waals surface area contributed by atoms with Crippen molar-refractivity contribution in [2.24, 2.45) is 5.73 Å². The van der Waals surface area contributed by atoms with Crippen LogP contribution in [0.15, 0.2) is 22.7 Å². The molecule has 2 aromatic rings. The van der Waals surface area contributed by atoms with Gasteiger partial charge in [-0.2, -0.15) is 0 Å². The molecule has 0 spiro atoms. The minimum absolute atomic E-state index is 0.290. The highest BCUT2D eigenvalue weighted by atomic mass is 79.9. The van der Waals surface area contributed by atoms with Crippen molar-refractivity contribution >= 4 is 32.8 Å². The Morgan fingerprint density at radius 2 is 2.07 bits per heavy atom. The third-order valence-electron chi connectivity index (χ3n) is 2.15. The Kier molecular flexibility index (Phi) is 2.83. The summed E-state index contributed by atoms with van der Waals surface area (Å²) in [6.45, 7) is 0.554. The fourth-order valence-corrected chi connectivity index (χ4v) is 1.98. The Hall–Kier alpha value is -1.20. The molecule has 0 amide bonds. The summed E-state index contributed by atoms with van der Waals surface area (Å²) in [5.74, 6) is 0.290. The summed E-state index contributed by atoms with van der Waals surface area (Å²) in [5.41, 5.74) is 12.9. The summed E-state index contributed by atoms with van der Waals surface area (Å²) in [7, 11) is 0. The van der Waals surface area contributed by atoms with Crippen molar-refractivity contribution in [3.05, 3.63) is 28.4 Å². The number of benzene rings is 1. The standard InChI is InChI=1S/C10H11BrN4/c11-7-3-1-2-6-8(4-5-12)14-10(13)15-9(6)7/h1-3H,4-5,12H2,(H2,13,14,15). The van der Waals surface area contributed by atoms with Crippen LogP contribution in [0.1, 0.15) is 5.69 Å². The molecule has 0 aliphatic heterocycles. The Bertz CT molecular complexity index is 498. The van der Waals surface area contributed by atoms with E-state index >= 15 is 0 Å². The average molecular weight is 267 g/mol. The van der Waals surface area contributed by atoms with Crippen LogP contribution >= 0.6 is 15.9 Å². The molecule has 0 atom stereocenters. The highest BCUT2D eigenvalue weighted by Crippen LogP contribution is 2.24. The maximum atomic E-state index is 5.64. The minimum atomic E-state index is 0.290. The summed E-state index contributed by atoms with van der Waals surface area (Å²) >= 11 is 3.44. The maximum absolute atomic E-state index is 5.64. The number of para-hydroxylation sites is 1. The van der Waals surface area contributed by atoms with E-state index in [2.05, 4.69) is 25.9 Å². The van der Waals surface area contributed by atoms with Crippen molar-refractivity contribution in [1.82, 2.24) is 9.97 Å². The van der Waals surface area contributed by atoms with Gasteiger partial charge >= 0.3 is 0 Å². The van der Waals surface area contributed by atoms with Gasteiger partial charge in [-0.3, -0.25) is 0 Å². The molecule has 0 aliphatic carbocycles. The molecule has 1 heterocycles. The van der Waals surface area contributed by atoms with E-state index in [-0.39, 0.29) is 5.95 Å². The van der Waals surface area contributed by atoms with Crippen LogP contribution in [0.3, 0.4) is 0 Å². The summed E-state index contributed by atoms with van der Waals surface area (Å²) in [6.07, 6.45) is 0.708.